The summed E-state index contributed by atoms with van der Waals surface area (Å²) in [7, 11) is 0. The van der Waals surface area contributed by atoms with Crippen molar-refractivity contribution in [2.45, 2.75) is 24.0 Å². The number of ether oxygens (including phenoxy) is 1. The highest BCUT2D eigenvalue weighted by Crippen LogP contribution is 2.47. The number of nitrogens with zero attached hydrogens (tertiary/aromatic N) is 2. The van der Waals surface area contributed by atoms with Crippen molar-refractivity contribution < 1.29 is 19.2 Å². The van der Waals surface area contributed by atoms with Gasteiger partial charge in [0, 0.05) is 4.90 Å². The Hall–Kier alpha value is -3.29. The Kier molecular flexibility index (Phi) is 5.83. The second-order valence-electron chi connectivity index (χ2n) is 7.87. The van der Waals surface area contributed by atoms with E-state index >= 15 is 0 Å². The van der Waals surface area contributed by atoms with E-state index in [2.05, 4.69) is 0 Å². The first-order valence-corrected chi connectivity index (χ1v) is 12.1. The molecule has 2 saturated heterocycles. The molecule has 0 radical (unpaired) electrons. The zero-order chi connectivity index (χ0) is 22.9. The zero-order valence-corrected chi connectivity index (χ0v) is 19.2. The van der Waals surface area contributed by atoms with Crippen LogP contribution in [0.2, 0.25) is 0 Å². The second-order valence-corrected chi connectivity index (χ2v) is 8.75. The SMILES string of the molecule is CCOc1ccc(N2C(=O)[C@H]3[C@@H](c4ccc(SC)cc4)N(c4ccccc4)O[C@H]3C2=O)cc1. The first-order chi connectivity index (χ1) is 16.1. The number of amides is 2. The van der Waals surface area contributed by atoms with Gasteiger partial charge in [-0.3, -0.25) is 14.4 Å². The molecule has 3 aromatic rings. The summed E-state index contributed by atoms with van der Waals surface area (Å²) in [6.07, 6.45) is 1.14. The lowest BCUT2D eigenvalue weighted by Crippen LogP contribution is -2.37. The van der Waals surface area contributed by atoms with E-state index in [1.165, 1.54) is 4.90 Å². The molecule has 2 amide bonds. The maximum absolute atomic E-state index is 13.7. The molecule has 0 spiro atoms. The molecule has 33 heavy (non-hydrogen) atoms. The number of carbonyl (C=O) groups excluding carboxylic acids is 2. The number of rotatable bonds is 6. The van der Waals surface area contributed by atoms with Gasteiger partial charge in [0.1, 0.15) is 11.7 Å². The number of hydrogen-bond acceptors (Lipinski definition) is 6. The fraction of sp³-hybridized carbons (Fsp3) is 0.231. The van der Waals surface area contributed by atoms with E-state index in [1.807, 2.05) is 67.8 Å². The number of thioether (sulfide) groups is 1. The van der Waals surface area contributed by atoms with Gasteiger partial charge >= 0.3 is 0 Å². The number of benzene rings is 3. The van der Waals surface area contributed by atoms with Crippen molar-refractivity contribution in [3.8, 4) is 5.75 Å². The average molecular weight is 461 g/mol. The normalized spacial score (nSPS) is 22.1. The summed E-state index contributed by atoms with van der Waals surface area (Å²) in [4.78, 5) is 35.6. The van der Waals surface area contributed by atoms with E-state index in [9.17, 15) is 9.59 Å². The molecule has 2 aliphatic heterocycles. The number of hydrogen-bond donors (Lipinski definition) is 0. The van der Waals surface area contributed by atoms with Crippen molar-refractivity contribution in [2.75, 3.05) is 22.8 Å². The number of carbonyl (C=O) groups is 2. The molecule has 0 aliphatic carbocycles. The largest absolute Gasteiger partial charge is 0.494 e. The first-order valence-electron chi connectivity index (χ1n) is 10.9. The maximum atomic E-state index is 13.7. The highest BCUT2D eigenvalue weighted by Gasteiger charge is 2.60. The monoisotopic (exact) mass is 460 g/mol. The van der Waals surface area contributed by atoms with E-state index in [-0.39, 0.29) is 11.8 Å². The molecule has 168 valence electrons. The number of fused-ring (bicyclic) bond motifs is 1. The lowest BCUT2D eigenvalue weighted by molar-refractivity contribution is -0.126. The molecular weight excluding hydrogens is 436 g/mol. The van der Waals surface area contributed by atoms with Crippen LogP contribution in [0.5, 0.6) is 5.75 Å². The molecule has 3 atom stereocenters. The minimum absolute atomic E-state index is 0.258. The molecule has 0 saturated carbocycles. The van der Waals surface area contributed by atoms with Crippen molar-refractivity contribution in [2.24, 2.45) is 5.92 Å². The molecule has 7 heteroatoms. The summed E-state index contributed by atoms with van der Waals surface area (Å²) >= 11 is 1.66. The summed E-state index contributed by atoms with van der Waals surface area (Å²) in [5.41, 5.74) is 2.26. The highest BCUT2D eigenvalue weighted by atomic mass is 32.2. The van der Waals surface area contributed by atoms with Crippen molar-refractivity contribution in [1.82, 2.24) is 0 Å². The van der Waals surface area contributed by atoms with E-state index in [1.54, 1.807) is 41.1 Å². The Morgan fingerprint density at radius 1 is 0.879 bits per heavy atom. The van der Waals surface area contributed by atoms with E-state index in [0.717, 1.165) is 16.1 Å². The topological polar surface area (TPSA) is 59.1 Å². The minimum atomic E-state index is -0.880. The average Bonchev–Trinajstić information content (AvgIpc) is 3.36. The number of para-hydroxylation sites is 1. The quantitative estimate of drug-likeness (QED) is 0.387. The molecule has 2 fully saturated rings. The third-order valence-electron chi connectivity index (χ3n) is 5.99. The third kappa shape index (κ3) is 3.77. The van der Waals surface area contributed by atoms with E-state index < -0.39 is 18.1 Å². The summed E-state index contributed by atoms with van der Waals surface area (Å²) in [5.74, 6) is -0.562. The van der Waals surface area contributed by atoms with Crippen LogP contribution in [0.4, 0.5) is 11.4 Å². The van der Waals surface area contributed by atoms with Crippen LogP contribution in [-0.2, 0) is 14.4 Å². The van der Waals surface area contributed by atoms with Gasteiger partial charge in [0.15, 0.2) is 6.10 Å². The Bertz CT molecular complexity index is 1150. The van der Waals surface area contributed by atoms with Gasteiger partial charge in [-0.15, -0.1) is 11.8 Å². The number of imide groups is 1. The molecule has 2 aliphatic rings. The van der Waals surface area contributed by atoms with E-state index in [0.29, 0.717) is 18.0 Å². The summed E-state index contributed by atoms with van der Waals surface area (Å²) in [6, 6.07) is 24.3. The van der Waals surface area contributed by atoms with Crippen LogP contribution >= 0.6 is 11.8 Å². The van der Waals surface area contributed by atoms with Gasteiger partial charge in [0.25, 0.3) is 5.91 Å². The molecule has 0 aromatic heterocycles. The van der Waals surface area contributed by atoms with Crippen molar-refractivity contribution in [3.63, 3.8) is 0 Å². The predicted octanol–water partition coefficient (Wildman–Crippen LogP) is 4.86. The van der Waals surface area contributed by atoms with Crippen molar-refractivity contribution >= 4 is 35.0 Å². The molecule has 2 heterocycles. The number of hydroxylamine groups is 1. The highest BCUT2D eigenvalue weighted by molar-refractivity contribution is 7.98. The smallest absolute Gasteiger partial charge is 0.266 e. The minimum Gasteiger partial charge on any atom is -0.494 e. The van der Waals surface area contributed by atoms with Crippen LogP contribution in [0, 0.1) is 5.92 Å². The van der Waals surface area contributed by atoms with Crippen LogP contribution in [-0.4, -0.2) is 30.8 Å². The van der Waals surface area contributed by atoms with Crippen LogP contribution < -0.4 is 14.7 Å². The first kappa shape index (κ1) is 21.6. The Morgan fingerprint density at radius 2 is 1.58 bits per heavy atom. The Morgan fingerprint density at radius 3 is 2.21 bits per heavy atom. The predicted molar refractivity (Wildman–Crippen MR) is 128 cm³/mol. The van der Waals surface area contributed by atoms with Crippen LogP contribution in [0.15, 0.2) is 83.8 Å². The zero-order valence-electron chi connectivity index (χ0n) is 18.4. The van der Waals surface area contributed by atoms with Crippen molar-refractivity contribution in [3.05, 3.63) is 84.4 Å². The van der Waals surface area contributed by atoms with E-state index in [4.69, 9.17) is 9.57 Å². The van der Waals surface area contributed by atoms with Gasteiger partial charge in [-0.05, 0) is 67.3 Å². The fourth-order valence-corrected chi connectivity index (χ4v) is 4.87. The van der Waals surface area contributed by atoms with Gasteiger partial charge in [-0.2, -0.15) is 0 Å². The molecule has 6 nitrogen and oxygen atoms in total. The molecule has 0 unspecified atom stereocenters. The summed E-state index contributed by atoms with van der Waals surface area (Å²) in [5, 5.41) is 1.72. The van der Waals surface area contributed by atoms with Crippen LogP contribution in [0.3, 0.4) is 0 Å². The fourth-order valence-electron chi connectivity index (χ4n) is 4.47. The maximum Gasteiger partial charge on any atom is 0.266 e. The third-order valence-corrected chi connectivity index (χ3v) is 6.73. The standard InChI is InChI=1S/C26H24N2O4S/c1-3-31-20-13-11-18(12-14-20)27-25(29)22-23(17-9-15-21(33-2)16-10-17)28(32-24(22)26(27)30)19-7-5-4-6-8-19/h4-16,22-24H,3H2,1-2H3/t22-,23+,24+/m0/s1. The summed E-state index contributed by atoms with van der Waals surface area (Å²) in [6.45, 7) is 2.45. The molecule has 3 aromatic carbocycles. The van der Waals surface area contributed by atoms with Gasteiger partial charge in [-0.25, -0.2) is 9.96 Å². The molecule has 5 rings (SSSR count). The van der Waals surface area contributed by atoms with Gasteiger partial charge in [0.05, 0.1) is 24.0 Å². The van der Waals surface area contributed by atoms with Gasteiger partial charge in [0.2, 0.25) is 5.91 Å². The van der Waals surface area contributed by atoms with Crippen LogP contribution in [0.1, 0.15) is 18.5 Å². The van der Waals surface area contributed by atoms with Crippen LogP contribution in [0.25, 0.3) is 0 Å². The summed E-state index contributed by atoms with van der Waals surface area (Å²) < 4.78 is 5.49. The lowest BCUT2D eigenvalue weighted by atomic mass is 9.90. The second kappa shape index (κ2) is 8.92. The molecular formula is C26H24N2O4S. The van der Waals surface area contributed by atoms with Gasteiger partial charge in [-0.1, -0.05) is 30.3 Å². The molecule has 0 N–H and O–H groups in total. The lowest BCUT2D eigenvalue weighted by Gasteiger charge is -2.28. The molecule has 0 bridgehead atoms. The Labute approximate surface area is 197 Å². The van der Waals surface area contributed by atoms with Crippen molar-refractivity contribution in [1.29, 1.82) is 0 Å². The van der Waals surface area contributed by atoms with Gasteiger partial charge < -0.3 is 4.74 Å². The Balaban J connectivity index is 1.52. The number of anilines is 2.